The van der Waals surface area contributed by atoms with Crippen LogP contribution >= 0.6 is 11.3 Å². The van der Waals surface area contributed by atoms with E-state index in [9.17, 15) is 0 Å². The summed E-state index contributed by atoms with van der Waals surface area (Å²) in [5.74, 6) is 0. The molecule has 1 N–H and O–H groups in total. The van der Waals surface area contributed by atoms with Crippen LogP contribution in [0.3, 0.4) is 0 Å². The number of H-pyrrole nitrogens is 1. The monoisotopic (exact) mass is 137 g/mol. The highest BCUT2D eigenvalue weighted by atomic mass is 32.1. The molecule has 2 heteroatoms. The van der Waals surface area contributed by atoms with Crippen molar-refractivity contribution in [2.24, 2.45) is 0 Å². The third-order valence-corrected chi connectivity index (χ3v) is 2.53. The maximum absolute atomic E-state index is 3.18. The Balaban J connectivity index is 2.99. The third kappa shape index (κ3) is 0.598. The van der Waals surface area contributed by atoms with Gasteiger partial charge in [-0.3, -0.25) is 0 Å². The van der Waals surface area contributed by atoms with Gasteiger partial charge in [0.2, 0.25) is 0 Å². The molecule has 0 amide bonds. The van der Waals surface area contributed by atoms with E-state index in [0.29, 0.717) is 0 Å². The molecule has 0 atom stereocenters. The SMILES string of the molecule is Cc1csc2cc[nH]c12. The van der Waals surface area contributed by atoms with Gasteiger partial charge in [0.05, 0.1) is 10.2 Å². The van der Waals surface area contributed by atoms with Crippen molar-refractivity contribution in [2.75, 3.05) is 0 Å². The molecule has 1 nitrogen and oxygen atoms in total. The summed E-state index contributed by atoms with van der Waals surface area (Å²) in [7, 11) is 0. The van der Waals surface area contributed by atoms with Crippen LogP contribution in [0, 0.1) is 6.92 Å². The molecule has 0 aromatic carbocycles. The van der Waals surface area contributed by atoms with Crippen molar-refractivity contribution in [3.05, 3.63) is 23.2 Å². The second-order valence-electron chi connectivity index (χ2n) is 2.14. The summed E-state index contributed by atoms with van der Waals surface area (Å²) in [6, 6.07) is 2.10. The van der Waals surface area contributed by atoms with Crippen molar-refractivity contribution >= 4 is 21.6 Å². The van der Waals surface area contributed by atoms with Gasteiger partial charge in [0, 0.05) is 6.20 Å². The van der Waals surface area contributed by atoms with Crippen molar-refractivity contribution in [3.8, 4) is 0 Å². The van der Waals surface area contributed by atoms with Crippen LogP contribution in [0.1, 0.15) is 5.56 Å². The summed E-state index contributed by atoms with van der Waals surface area (Å²) >= 11 is 1.79. The highest BCUT2D eigenvalue weighted by Crippen LogP contribution is 2.22. The number of hydrogen-bond donors (Lipinski definition) is 1. The molecule has 2 heterocycles. The van der Waals surface area contributed by atoms with E-state index in [0.717, 1.165) is 0 Å². The van der Waals surface area contributed by atoms with E-state index in [4.69, 9.17) is 0 Å². The molecule has 0 aliphatic carbocycles. The Hall–Kier alpha value is -0.760. The summed E-state index contributed by atoms with van der Waals surface area (Å²) in [4.78, 5) is 3.18. The normalized spacial score (nSPS) is 10.8. The molecule has 2 rings (SSSR count). The smallest absolute Gasteiger partial charge is 0.0593 e. The fourth-order valence-corrected chi connectivity index (χ4v) is 1.88. The minimum absolute atomic E-state index is 1.29. The molecule has 0 aliphatic heterocycles. The maximum Gasteiger partial charge on any atom is 0.0593 e. The first kappa shape index (κ1) is 5.06. The highest BCUT2D eigenvalue weighted by molar-refractivity contribution is 7.17. The Kier molecular flexibility index (Phi) is 0.904. The van der Waals surface area contributed by atoms with Crippen molar-refractivity contribution in [1.29, 1.82) is 0 Å². The molecule has 0 spiro atoms. The summed E-state index contributed by atoms with van der Waals surface area (Å²) in [5.41, 5.74) is 2.64. The summed E-state index contributed by atoms with van der Waals surface area (Å²) in [5, 5.41) is 2.17. The maximum atomic E-state index is 3.18. The van der Waals surface area contributed by atoms with Crippen LogP contribution in [0.15, 0.2) is 17.6 Å². The van der Waals surface area contributed by atoms with Crippen LogP contribution in [0.25, 0.3) is 10.2 Å². The van der Waals surface area contributed by atoms with Crippen molar-refractivity contribution in [3.63, 3.8) is 0 Å². The van der Waals surface area contributed by atoms with Crippen LogP contribution in [-0.2, 0) is 0 Å². The van der Waals surface area contributed by atoms with Crippen LogP contribution in [0.2, 0.25) is 0 Å². The number of rotatable bonds is 0. The Morgan fingerprint density at radius 3 is 3.22 bits per heavy atom. The van der Waals surface area contributed by atoms with E-state index in [1.54, 1.807) is 11.3 Å². The fourth-order valence-electron chi connectivity index (χ4n) is 0.972. The lowest BCUT2D eigenvalue weighted by Crippen LogP contribution is -1.62. The first-order valence-corrected chi connectivity index (χ1v) is 3.77. The van der Waals surface area contributed by atoms with Crippen LogP contribution in [-0.4, -0.2) is 4.98 Å². The highest BCUT2D eigenvalue weighted by Gasteiger charge is 1.97. The van der Waals surface area contributed by atoms with Gasteiger partial charge in [-0.2, -0.15) is 0 Å². The van der Waals surface area contributed by atoms with Crippen LogP contribution < -0.4 is 0 Å². The van der Waals surface area contributed by atoms with Gasteiger partial charge in [0.15, 0.2) is 0 Å². The van der Waals surface area contributed by atoms with Gasteiger partial charge < -0.3 is 4.98 Å². The summed E-state index contributed by atoms with van der Waals surface area (Å²) in [6.07, 6.45) is 1.98. The lowest BCUT2D eigenvalue weighted by atomic mass is 10.3. The zero-order valence-corrected chi connectivity index (χ0v) is 5.96. The van der Waals surface area contributed by atoms with Gasteiger partial charge in [-0.15, -0.1) is 11.3 Å². The minimum atomic E-state index is 1.29. The van der Waals surface area contributed by atoms with E-state index in [2.05, 4.69) is 23.4 Å². The molecular formula is C7H7NS. The van der Waals surface area contributed by atoms with Crippen molar-refractivity contribution in [1.82, 2.24) is 4.98 Å². The Bertz CT molecular complexity index is 318. The second kappa shape index (κ2) is 1.61. The van der Waals surface area contributed by atoms with Crippen molar-refractivity contribution in [2.45, 2.75) is 6.92 Å². The quantitative estimate of drug-likeness (QED) is 0.574. The molecule has 0 radical (unpaired) electrons. The van der Waals surface area contributed by atoms with Gasteiger partial charge in [0.25, 0.3) is 0 Å². The van der Waals surface area contributed by atoms with Gasteiger partial charge in [-0.05, 0) is 23.9 Å². The molecule has 0 bridgehead atoms. The van der Waals surface area contributed by atoms with E-state index in [-0.39, 0.29) is 0 Å². The number of aryl methyl sites for hydroxylation is 1. The summed E-state index contributed by atoms with van der Waals surface area (Å²) < 4.78 is 1.35. The summed E-state index contributed by atoms with van der Waals surface area (Å²) in [6.45, 7) is 2.12. The van der Waals surface area contributed by atoms with Crippen LogP contribution in [0.4, 0.5) is 0 Å². The van der Waals surface area contributed by atoms with Gasteiger partial charge in [0.1, 0.15) is 0 Å². The van der Waals surface area contributed by atoms with E-state index in [1.165, 1.54) is 15.8 Å². The topological polar surface area (TPSA) is 15.8 Å². The Morgan fingerprint density at radius 2 is 2.44 bits per heavy atom. The zero-order valence-electron chi connectivity index (χ0n) is 5.14. The average Bonchev–Trinajstić information content (AvgIpc) is 2.35. The fraction of sp³-hybridized carbons (Fsp3) is 0.143. The van der Waals surface area contributed by atoms with Gasteiger partial charge in [-0.1, -0.05) is 0 Å². The van der Waals surface area contributed by atoms with E-state index < -0.39 is 0 Å². The zero-order chi connectivity index (χ0) is 6.27. The van der Waals surface area contributed by atoms with E-state index in [1.807, 2.05) is 6.20 Å². The first-order valence-electron chi connectivity index (χ1n) is 2.89. The number of aromatic nitrogens is 1. The number of aromatic amines is 1. The molecule has 0 saturated carbocycles. The number of hydrogen-bond acceptors (Lipinski definition) is 1. The Morgan fingerprint density at radius 1 is 1.56 bits per heavy atom. The number of nitrogens with one attached hydrogen (secondary N) is 1. The van der Waals surface area contributed by atoms with Crippen molar-refractivity contribution < 1.29 is 0 Å². The average molecular weight is 137 g/mol. The minimum Gasteiger partial charge on any atom is -0.360 e. The predicted octanol–water partition coefficient (Wildman–Crippen LogP) is 2.54. The molecule has 0 saturated heterocycles. The second-order valence-corrected chi connectivity index (χ2v) is 3.05. The molecule has 2 aromatic heterocycles. The molecule has 9 heavy (non-hydrogen) atoms. The standard InChI is InChI=1S/C7H7NS/c1-5-4-9-6-2-3-8-7(5)6/h2-4,8H,1H3. The first-order chi connectivity index (χ1) is 4.38. The lowest BCUT2D eigenvalue weighted by molar-refractivity contribution is 1.44. The van der Waals surface area contributed by atoms with E-state index >= 15 is 0 Å². The molecule has 2 aromatic rings. The third-order valence-electron chi connectivity index (χ3n) is 1.47. The van der Waals surface area contributed by atoms with Crippen LogP contribution in [0.5, 0.6) is 0 Å². The molecule has 0 aliphatic rings. The van der Waals surface area contributed by atoms with Gasteiger partial charge >= 0.3 is 0 Å². The predicted molar refractivity (Wildman–Crippen MR) is 40.9 cm³/mol. The lowest BCUT2D eigenvalue weighted by Gasteiger charge is -1.78. The van der Waals surface area contributed by atoms with Gasteiger partial charge in [-0.25, -0.2) is 0 Å². The number of thiophene rings is 1. The molecular weight excluding hydrogens is 130 g/mol. The number of fused-ring (bicyclic) bond motifs is 1. The molecule has 0 fully saturated rings. The Labute approximate surface area is 57.3 Å². The molecule has 0 unspecified atom stereocenters. The molecule has 46 valence electrons. The largest absolute Gasteiger partial charge is 0.360 e.